The molecule has 0 radical (unpaired) electrons. The third kappa shape index (κ3) is 49.2. The average molecular weight is 1100 g/mol. The van der Waals surface area contributed by atoms with Crippen molar-refractivity contribution in [2.45, 2.75) is 182 Å². The van der Waals surface area contributed by atoms with Crippen LogP contribution in [0, 0.1) is 14.9 Å². The molecule has 362 valence electrons. The average Bonchev–Trinajstić information content (AvgIpc) is 3.02. The summed E-state index contributed by atoms with van der Waals surface area (Å²) in [5.41, 5.74) is -2.77. The number of rotatable bonds is 20. The van der Waals surface area contributed by atoms with Gasteiger partial charge in [0.15, 0.2) is 0 Å². The Morgan fingerprint density at radius 3 is 0.984 bits per heavy atom. The summed E-state index contributed by atoms with van der Waals surface area (Å²) in [6.45, 7) is 21.5. The quantitative estimate of drug-likeness (QED) is 0.0310. The summed E-state index contributed by atoms with van der Waals surface area (Å²) in [4.78, 5) is 92.5. The van der Waals surface area contributed by atoms with E-state index < -0.39 is 87.0 Å². The van der Waals surface area contributed by atoms with E-state index in [2.05, 4.69) is 21.3 Å². The molecule has 0 bridgehead atoms. The predicted molar refractivity (Wildman–Crippen MR) is 230 cm³/mol. The molecule has 0 saturated carbocycles. The van der Waals surface area contributed by atoms with E-state index >= 15 is 0 Å². The molecule has 0 aliphatic heterocycles. The summed E-state index contributed by atoms with van der Waals surface area (Å²) in [5, 5.41) is 27.4. The molecule has 0 fully saturated rings. The number of esters is 2. The van der Waals surface area contributed by atoms with Gasteiger partial charge in [-0.05, 0) is 122 Å². The van der Waals surface area contributed by atoms with Crippen LogP contribution in [0.2, 0.25) is 0 Å². The number of halogens is 2. The second-order valence-electron chi connectivity index (χ2n) is 17.0. The van der Waals surface area contributed by atoms with Gasteiger partial charge in [0.2, 0.25) is 11.8 Å². The van der Waals surface area contributed by atoms with E-state index in [9.17, 15) is 38.4 Å². The minimum absolute atomic E-state index is 0. The monoisotopic (exact) mass is 1100 g/mol. The first-order chi connectivity index (χ1) is 26.8. The molecule has 21 heteroatoms. The fourth-order valence-electron chi connectivity index (χ4n) is 4.16. The number of nitrogens with one attached hydrogen (secondary N) is 4. The topological polar surface area (TPSA) is 262 Å². The van der Waals surface area contributed by atoms with Gasteiger partial charge in [0.25, 0.3) is 0 Å². The van der Waals surface area contributed by atoms with Gasteiger partial charge in [0.05, 0.1) is 12.8 Å². The number of amides is 4. The fourth-order valence-corrected chi connectivity index (χ4v) is 4.16. The third-order valence-corrected chi connectivity index (χ3v) is 6.38. The first-order valence-electron chi connectivity index (χ1n) is 19.0. The maximum atomic E-state index is 12.4. The molecule has 0 aromatic rings. The van der Waals surface area contributed by atoms with Crippen LogP contribution in [0.25, 0.3) is 0 Å². The Labute approximate surface area is 380 Å². The molecule has 0 rings (SSSR count). The van der Waals surface area contributed by atoms with Crippen LogP contribution in [0.5, 0.6) is 0 Å². The summed E-state index contributed by atoms with van der Waals surface area (Å²) in [5.74, 6) is -3.82. The second kappa shape index (κ2) is 34.2. The number of carbonyl (C=O) groups excluding carboxylic acids is 6. The zero-order chi connectivity index (χ0) is 46.6. The second-order valence-corrected chi connectivity index (χ2v) is 20.3. The molecule has 0 heterocycles. The van der Waals surface area contributed by atoms with Gasteiger partial charge in [-0.3, -0.25) is 19.2 Å². The van der Waals surface area contributed by atoms with E-state index in [1.165, 1.54) is 0 Å². The number of ether oxygens (including phenoxy) is 4. The van der Waals surface area contributed by atoms with Crippen LogP contribution in [0.3, 0.4) is 0 Å². The molecule has 6 N–H and O–H groups in total. The van der Waals surface area contributed by atoms with Crippen LogP contribution in [-0.4, -0.2) is 106 Å². The van der Waals surface area contributed by atoms with Crippen molar-refractivity contribution in [1.29, 1.82) is 0 Å². The first-order valence-corrected chi connectivity index (χ1v) is 24.7. The van der Waals surface area contributed by atoms with Gasteiger partial charge in [0, 0.05) is 25.9 Å². The van der Waals surface area contributed by atoms with Gasteiger partial charge < -0.3 is 65.3 Å². The van der Waals surface area contributed by atoms with Crippen molar-refractivity contribution >= 4 is 66.7 Å². The summed E-state index contributed by atoms with van der Waals surface area (Å²) in [6.07, 6.45) is 0.860. The van der Waals surface area contributed by atoms with Gasteiger partial charge in [-0.2, -0.15) is 0 Å². The number of aliphatic carboxylic acids is 2. The van der Waals surface area contributed by atoms with E-state index in [0.29, 0.717) is 51.6 Å². The van der Waals surface area contributed by atoms with Crippen molar-refractivity contribution in [3.05, 3.63) is 14.9 Å². The molecule has 18 nitrogen and oxygen atoms in total. The SMILES string of the molecule is CC(C)(C)OC(=O)NC(CCCCNC(=O)CCC(=O)O)C(=O)OC(C)(C)C.CC(C)(C)OC(=O)NC(CCCCNC(=O)CCC(=O)O)C(=O)OC(C)(C)C.[CH3-].[CH3-].[Cl][Pt+2][Cl]. The van der Waals surface area contributed by atoms with Crippen LogP contribution in [0.4, 0.5) is 9.59 Å². The van der Waals surface area contributed by atoms with E-state index in [1.807, 2.05) is 0 Å². The Morgan fingerprint density at radius 2 is 0.754 bits per heavy atom. The predicted octanol–water partition coefficient (Wildman–Crippen LogP) is 7.02. The summed E-state index contributed by atoms with van der Waals surface area (Å²) >= 11 is -0.472. The molecule has 0 aliphatic carbocycles. The van der Waals surface area contributed by atoms with Gasteiger partial charge >= 0.3 is 71.4 Å². The molecule has 2 atom stereocenters. The Morgan fingerprint density at radius 1 is 0.492 bits per heavy atom. The van der Waals surface area contributed by atoms with Crippen molar-refractivity contribution in [3.8, 4) is 0 Å². The maximum absolute atomic E-state index is 12.4. The van der Waals surface area contributed by atoms with Crippen LogP contribution in [-0.2, 0) is 64.2 Å². The van der Waals surface area contributed by atoms with Crippen molar-refractivity contribution < 1.29 is 84.0 Å². The molecule has 61 heavy (non-hydrogen) atoms. The summed E-state index contributed by atoms with van der Waals surface area (Å²) < 4.78 is 21.1. The van der Waals surface area contributed by atoms with Crippen LogP contribution < -0.4 is 21.3 Å². The zero-order valence-corrected chi connectivity index (χ0v) is 42.3. The van der Waals surface area contributed by atoms with Gasteiger partial charge in [0.1, 0.15) is 34.5 Å². The van der Waals surface area contributed by atoms with E-state index in [4.69, 9.17) is 48.0 Å². The van der Waals surface area contributed by atoms with Crippen molar-refractivity contribution in [3.63, 3.8) is 0 Å². The number of hydrogen-bond donors (Lipinski definition) is 6. The third-order valence-electron chi connectivity index (χ3n) is 6.38. The summed E-state index contributed by atoms with van der Waals surface area (Å²) in [6, 6.07) is -1.73. The standard InChI is InChI=1S/2C19H34N2O7.2CH3.2ClH.Pt/c2*1-18(2,3)27-16(25)13(21-17(26)28-19(4,5)6)9-7-8-12-20-14(22)10-11-15(23)24;;;;;/h2*13H,7-12H2,1-6H3,(H,20,22)(H,21,26)(H,23,24);2*1H3;2*1H;/q;;2*-1;;;+4/p-2. The summed E-state index contributed by atoms with van der Waals surface area (Å²) in [7, 11) is 9.75. The van der Waals surface area contributed by atoms with Crippen molar-refractivity contribution in [1.82, 2.24) is 21.3 Å². The molecule has 0 saturated heterocycles. The molecule has 4 amide bonds. The van der Waals surface area contributed by atoms with Gasteiger partial charge in [-0.1, -0.05) is 0 Å². The molecule has 0 aromatic carbocycles. The van der Waals surface area contributed by atoms with Crippen LogP contribution in [0.15, 0.2) is 0 Å². The Kier molecular flexibility index (Phi) is 37.4. The molecule has 2 unspecified atom stereocenters. The molecule has 0 aromatic heterocycles. The van der Waals surface area contributed by atoms with Gasteiger partial charge in [-0.15, -0.1) is 0 Å². The van der Waals surface area contributed by atoms with E-state index in [1.54, 1.807) is 83.1 Å². The molecular weight excluding hydrogens is 1030 g/mol. The molecule has 0 aliphatic rings. The number of unbranched alkanes of at least 4 members (excludes halogenated alkanes) is 2. The number of alkyl carbamates (subject to hydrolysis) is 2. The normalized spacial score (nSPS) is 12.0. The zero-order valence-electron chi connectivity index (χ0n) is 38.5. The Balaban J connectivity index is -0.000000312. The molecular formula is C40H74Cl2N4O14Pt. The van der Waals surface area contributed by atoms with Crippen molar-refractivity contribution in [2.75, 3.05) is 13.1 Å². The van der Waals surface area contributed by atoms with Crippen LogP contribution in [0.1, 0.15) is 147 Å². The van der Waals surface area contributed by atoms with Crippen LogP contribution >= 0.6 is 18.8 Å². The number of hydrogen-bond acceptors (Lipinski definition) is 12. The fraction of sp³-hybridized carbons (Fsp3) is 0.750. The molecule has 0 spiro atoms. The Bertz CT molecular complexity index is 1230. The van der Waals surface area contributed by atoms with Crippen molar-refractivity contribution in [2.24, 2.45) is 0 Å². The van der Waals surface area contributed by atoms with E-state index in [0.717, 1.165) is 0 Å². The minimum atomic E-state index is -1.02. The van der Waals surface area contributed by atoms with Gasteiger partial charge in [-0.25, -0.2) is 19.2 Å². The first kappa shape index (κ1) is 66.7. The number of carboxylic acid groups (broad SMARTS) is 2. The number of carboxylic acids is 2. The van der Waals surface area contributed by atoms with E-state index in [-0.39, 0.29) is 52.4 Å². The number of carbonyl (C=O) groups is 8. The Hall–Kier alpha value is -3.37.